The molecule has 134 valence electrons. The molecule has 5 heteroatoms. The third-order valence-corrected chi connectivity index (χ3v) is 6.75. The molecule has 4 aliphatic rings. The molecule has 0 amide bonds. The molecule has 1 saturated carbocycles. The summed E-state index contributed by atoms with van der Waals surface area (Å²) in [6.45, 7) is 2.13. The number of aliphatic hydroxyl groups excluding tert-OH is 1. The Hall–Kier alpha value is -1.59. The summed E-state index contributed by atoms with van der Waals surface area (Å²) in [6.07, 6.45) is 3.76. The van der Waals surface area contributed by atoms with E-state index < -0.39 is 12.1 Å². The van der Waals surface area contributed by atoms with E-state index in [1.807, 2.05) is 6.07 Å². The number of carbonyl (C=O) groups is 1. The minimum atomic E-state index is -1.02. The van der Waals surface area contributed by atoms with E-state index in [2.05, 4.69) is 17.0 Å². The molecule has 5 rings (SSSR count). The van der Waals surface area contributed by atoms with E-state index in [0.717, 1.165) is 37.6 Å². The zero-order chi connectivity index (χ0) is 17.2. The van der Waals surface area contributed by atoms with Gasteiger partial charge in [0.05, 0.1) is 13.2 Å². The van der Waals surface area contributed by atoms with Crippen LogP contribution in [0.4, 0.5) is 0 Å². The van der Waals surface area contributed by atoms with Crippen molar-refractivity contribution in [3.8, 4) is 5.75 Å². The Balaban J connectivity index is 1.60. The molecular formula is C20H25NO4. The Morgan fingerprint density at radius 3 is 3.00 bits per heavy atom. The third-order valence-electron chi connectivity index (χ3n) is 6.75. The zero-order valence-electron chi connectivity index (χ0n) is 14.6. The van der Waals surface area contributed by atoms with E-state index in [4.69, 9.17) is 9.47 Å². The van der Waals surface area contributed by atoms with Crippen molar-refractivity contribution in [2.75, 3.05) is 20.2 Å². The van der Waals surface area contributed by atoms with Crippen LogP contribution >= 0.6 is 0 Å². The SMILES string of the molecule is COc1ccc2c(c1)C13CCN(CC4CC4)C(C2)C1OC(=O)C(O)C3. The molecule has 25 heavy (non-hydrogen) atoms. The quantitative estimate of drug-likeness (QED) is 0.846. The van der Waals surface area contributed by atoms with Gasteiger partial charge in [0.1, 0.15) is 11.9 Å². The number of carbonyl (C=O) groups excluding carboxylic acids is 1. The molecule has 5 nitrogen and oxygen atoms in total. The number of hydrogen-bond acceptors (Lipinski definition) is 5. The van der Waals surface area contributed by atoms with Crippen LogP contribution in [-0.4, -0.2) is 54.4 Å². The maximum atomic E-state index is 12.1. The van der Waals surface area contributed by atoms with Gasteiger partial charge in [-0.15, -0.1) is 0 Å². The van der Waals surface area contributed by atoms with Gasteiger partial charge >= 0.3 is 5.97 Å². The summed E-state index contributed by atoms with van der Waals surface area (Å²) in [5.74, 6) is 1.19. The molecule has 1 aromatic rings. The van der Waals surface area contributed by atoms with Crippen LogP contribution in [-0.2, 0) is 21.4 Å². The summed E-state index contributed by atoms with van der Waals surface area (Å²) in [6, 6.07) is 6.50. The average molecular weight is 343 g/mol. The van der Waals surface area contributed by atoms with Crippen molar-refractivity contribution in [2.45, 2.75) is 55.8 Å². The number of rotatable bonds is 3. The zero-order valence-corrected chi connectivity index (χ0v) is 14.6. The maximum Gasteiger partial charge on any atom is 0.335 e. The maximum absolute atomic E-state index is 12.1. The number of methoxy groups -OCH3 is 1. The van der Waals surface area contributed by atoms with Gasteiger partial charge in [0.15, 0.2) is 6.10 Å². The second kappa shape index (κ2) is 5.45. The van der Waals surface area contributed by atoms with Crippen molar-refractivity contribution < 1.29 is 19.4 Å². The van der Waals surface area contributed by atoms with E-state index in [0.29, 0.717) is 6.42 Å². The number of benzene rings is 1. The molecule has 4 unspecified atom stereocenters. The van der Waals surface area contributed by atoms with Gasteiger partial charge in [-0.05, 0) is 67.8 Å². The largest absolute Gasteiger partial charge is 0.497 e. The highest BCUT2D eigenvalue weighted by atomic mass is 16.6. The van der Waals surface area contributed by atoms with Crippen LogP contribution in [0.5, 0.6) is 5.75 Å². The predicted octanol–water partition coefficient (Wildman–Crippen LogP) is 1.65. The molecule has 3 fully saturated rings. The highest BCUT2D eigenvalue weighted by Crippen LogP contribution is 2.52. The number of likely N-dealkylation sites (tertiary alicyclic amines) is 1. The Kier molecular flexibility index (Phi) is 3.41. The normalized spacial score (nSPS) is 37.0. The van der Waals surface area contributed by atoms with E-state index in [-0.39, 0.29) is 17.6 Å². The Labute approximate surface area is 147 Å². The van der Waals surface area contributed by atoms with Crippen molar-refractivity contribution in [1.82, 2.24) is 4.90 Å². The first-order chi connectivity index (χ1) is 12.1. The number of fused-ring (bicyclic) bond motifs is 1. The first-order valence-electron chi connectivity index (χ1n) is 9.41. The fraction of sp³-hybridized carbons (Fsp3) is 0.650. The minimum Gasteiger partial charge on any atom is -0.497 e. The lowest BCUT2D eigenvalue weighted by molar-refractivity contribution is -0.191. The lowest BCUT2D eigenvalue weighted by Gasteiger charge is -2.58. The van der Waals surface area contributed by atoms with Crippen molar-refractivity contribution in [1.29, 1.82) is 0 Å². The van der Waals surface area contributed by atoms with Crippen LogP contribution in [0.1, 0.15) is 36.8 Å². The topological polar surface area (TPSA) is 59.0 Å². The van der Waals surface area contributed by atoms with Gasteiger partial charge in [-0.1, -0.05) is 6.07 Å². The summed E-state index contributed by atoms with van der Waals surface area (Å²) in [5.41, 5.74) is 2.25. The van der Waals surface area contributed by atoms with Crippen molar-refractivity contribution in [3.05, 3.63) is 29.3 Å². The number of nitrogens with zero attached hydrogens (tertiary/aromatic N) is 1. The van der Waals surface area contributed by atoms with E-state index >= 15 is 0 Å². The molecule has 2 aliphatic heterocycles. The van der Waals surface area contributed by atoms with Gasteiger partial charge in [-0.25, -0.2) is 4.79 Å². The summed E-state index contributed by atoms with van der Waals surface area (Å²) < 4.78 is 11.3. The Morgan fingerprint density at radius 1 is 1.40 bits per heavy atom. The lowest BCUT2D eigenvalue weighted by Crippen LogP contribution is -2.68. The fourth-order valence-corrected chi connectivity index (χ4v) is 5.29. The molecule has 2 saturated heterocycles. The Morgan fingerprint density at radius 2 is 2.24 bits per heavy atom. The lowest BCUT2D eigenvalue weighted by atomic mass is 9.58. The second-order valence-corrected chi connectivity index (χ2v) is 8.22. The van der Waals surface area contributed by atoms with E-state index in [1.165, 1.54) is 24.0 Å². The molecular weight excluding hydrogens is 318 g/mol. The summed E-state index contributed by atoms with van der Waals surface area (Å²) in [4.78, 5) is 14.7. The van der Waals surface area contributed by atoms with Gasteiger partial charge in [0.25, 0.3) is 0 Å². The Bertz CT molecular complexity index is 716. The monoisotopic (exact) mass is 343 g/mol. The van der Waals surface area contributed by atoms with E-state index in [9.17, 15) is 9.90 Å². The predicted molar refractivity (Wildman–Crippen MR) is 91.6 cm³/mol. The molecule has 0 radical (unpaired) electrons. The fourth-order valence-electron chi connectivity index (χ4n) is 5.29. The van der Waals surface area contributed by atoms with Crippen molar-refractivity contribution in [3.63, 3.8) is 0 Å². The van der Waals surface area contributed by atoms with Crippen molar-refractivity contribution >= 4 is 5.97 Å². The number of esters is 1. The molecule has 2 heterocycles. The molecule has 4 atom stereocenters. The summed E-state index contributed by atoms with van der Waals surface area (Å²) in [5, 5.41) is 10.3. The minimum absolute atomic E-state index is 0.157. The number of hydrogen-bond donors (Lipinski definition) is 1. The van der Waals surface area contributed by atoms with Crippen LogP contribution in [0.25, 0.3) is 0 Å². The van der Waals surface area contributed by atoms with Gasteiger partial charge in [-0.2, -0.15) is 0 Å². The van der Waals surface area contributed by atoms with Crippen LogP contribution in [0, 0.1) is 5.92 Å². The molecule has 1 aromatic carbocycles. The first kappa shape index (κ1) is 15.6. The smallest absolute Gasteiger partial charge is 0.335 e. The molecule has 1 N–H and O–H groups in total. The number of piperidine rings is 1. The molecule has 0 spiro atoms. The summed E-state index contributed by atoms with van der Waals surface area (Å²) in [7, 11) is 1.68. The van der Waals surface area contributed by atoms with Gasteiger partial charge < -0.3 is 14.6 Å². The van der Waals surface area contributed by atoms with Crippen LogP contribution in [0.3, 0.4) is 0 Å². The van der Waals surface area contributed by atoms with E-state index in [1.54, 1.807) is 7.11 Å². The number of ether oxygens (including phenoxy) is 2. The van der Waals surface area contributed by atoms with Crippen molar-refractivity contribution in [2.24, 2.45) is 5.92 Å². The van der Waals surface area contributed by atoms with Crippen LogP contribution in [0.2, 0.25) is 0 Å². The summed E-state index contributed by atoms with van der Waals surface area (Å²) >= 11 is 0. The molecule has 2 bridgehead atoms. The molecule has 0 aromatic heterocycles. The van der Waals surface area contributed by atoms with Crippen LogP contribution < -0.4 is 4.74 Å². The average Bonchev–Trinajstić information content (AvgIpc) is 3.42. The number of aliphatic hydroxyl groups is 1. The highest BCUT2D eigenvalue weighted by Gasteiger charge is 2.59. The van der Waals surface area contributed by atoms with Crippen LogP contribution in [0.15, 0.2) is 18.2 Å². The standard InChI is InChI=1S/C20H25NO4/c1-24-14-5-4-13-8-16-18-20(15(13)9-14,10-17(22)19(23)25-18)6-7-21(16)11-12-2-3-12/h4-5,9,12,16-18,22H,2-3,6-8,10-11H2,1H3. The molecule has 2 aliphatic carbocycles. The van der Waals surface area contributed by atoms with Gasteiger partial charge in [0.2, 0.25) is 0 Å². The second-order valence-electron chi connectivity index (χ2n) is 8.22. The third kappa shape index (κ3) is 2.32. The van der Waals surface area contributed by atoms with Gasteiger partial charge in [0, 0.05) is 12.0 Å². The first-order valence-corrected chi connectivity index (χ1v) is 9.41. The highest BCUT2D eigenvalue weighted by molar-refractivity contribution is 5.76. The van der Waals surface area contributed by atoms with Gasteiger partial charge in [-0.3, -0.25) is 4.90 Å².